The molecule has 0 bridgehead atoms. The monoisotopic (exact) mass is 591 g/mol. The molecule has 2 saturated heterocycles. The summed E-state index contributed by atoms with van der Waals surface area (Å²) in [6.45, 7) is 2.42. The van der Waals surface area contributed by atoms with Crippen LogP contribution >= 0.6 is 0 Å². The molecule has 3 amide bonds. The van der Waals surface area contributed by atoms with Gasteiger partial charge >= 0.3 is 12.2 Å². The lowest BCUT2D eigenvalue weighted by molar-refractivity contribution is -0.130. The van der Waals surface area contributed by atoms with Crippen LogP contribution in [0.4, 0.5) is 29.7 Å². The number of nitrogens with two attached hydrogens (primary N) is 1. The van der Waals surface area contributed by atoms with Gasteiger partial charge in [0.25, 0.3) is 0 Å². The molecule has 0 radical (unpaired) electrons. The zero-order chi connectivity index (χ0) is 30.6. The Morgan fingerprint density at radius 2 is 1.86 bits per heavy atom. The molecule has 4 rings (SSSR count). The van der Waals surface area contributed by atoms with Crippen LogP contribution in [0.25, 0.3) is 6.20 Å². The van der Waals surface area contributed by atoms with Crippen molar-refractivity contribution in [3.8, 4) is 0 Å². The predicted molar refractivity (Wildman–Crippen MR) is 144 cm³/mol. The number of carbonyl (C=O) groups excluding carboxylic acids is 4. The first-order valence-corrected chi connectivity index (χ1v) is 12.9. The molecular weight excluding hydrogens is 560 g/mol. The van der Waals surface area contributed by atoms with E-state index in [1.807, 2.05) is 0 Å². The van der Waals surface area contributed by atoms with Crippen molar-refractivity contribution in [3.05, 3.63) is 53.9 Å². The summed E-state index contributed by atoms with van der Waals surface area (Å²) in [7, 11) is 0. The number of carbonyl (C=O) groups is 4. The van der Waals surface area contributed by atoms with Crippen molar-refractivity contribution in [1.29, 1.82) is 5.41 Å². The van der Waals surface area contributed by atoms with E-state index in [-0.39, 0.29) is 81.7 Å². The van der Waals surface area contributed by atoms with E-state index in [4.69, 9.17) is 19.7 Å². The van der Waals surface area contributed by atoms with E-state index in [0.29, 0.717) is 0 Å². The summed E-state index contributed by atoms with van der Waals surface area (Å²) in [6.07, 6.45) is 4.18. The average molecular weight is 592 g/mol. The third-order valence-electron chi connectivity index (χ3n) is 6.12. The molecule has 16 heteroatoms. The Morgan fingerprint density at radius 1 is 1.19 bits per heavy atom. The van der Waals surface area contributed by atoms with Crippen molar-refractivity contribution in [1.82, 2.24) is 14.5 Å². The van der Waals surface area contributed by atoms with Gasteiger partial charge < -0.3 is 29.7 Å². The molecule has 2 aliphatic rings. The first kappa shape index (κ1) is 31.5. The Balaban J connectivity index is 0.00000155. The minimum atomic E-state index is -0.904. The first-order valence-electron chi connectivity index (χ1n) is 12.9. The molecular formula is C26H31F2N7O7. The van der Waals surface area contributed by atoms with E-state index >= 15 is 8.78 Å². The van der Waals surface area contributed by atoms with Crippen LogP contribution in [0.5, 0.6) is 0 Å². The Labute approximate surface area is 239 Å². The number of ether oxygens (including phenoxy) is 3. The van der Waals surface area contributed by atoms with E-state index in [1.165, 1.54) is 15.7 Å². The van der Waals surface area contributed by atoms with Crippen molar-refractivity contribution in [2.45, 2.75) is 19.4 Å². The van der Waals surface area contributed by atoms with Crippen molar-refractivity contribution in [2.75, 3.05) is 55.7 Å². The summed E-state index contributed by atoms with van der Waals surface area (Å²) < 4.78 is 46.2. The quantitative estimate of drug-likeness (QED) is 0.340. The molecule has 3 heterocycles. The van der Waals surface area contributed by atoms with Crippen LogP contribution in [0.3, 0.4) is 0 Å². The van der Waals surface area contributed by atoms with Crippen molar-refractivity contribution < 1.29 is 42.2 Å². The molecule has 3 N–H and O–H groups in total. The number of halogens is 2. The highest BCUT2D eigenvalue weighted by molar-refractivity contribution is 5.90. The van der Waals surface area contributed by atoms with Crippen molar-refractivity contribution >= 4 is 42.1 Å². The normalized spacial score (nSPS) is 16.5. The van der Waals surface area contributed by atoms with Gasteiger partial charge in [0.1, 0.15) is 12.3 Å². The third kappa shape index (κ3) is 8.25. The van der Waals surface area contributed by atoms with E-state index in [2.05, 4.69) is 15.5 Å². The number of rotatable bonds is 8. The molecule has 42 heavy (non-hydrogen) atoms. The number of cyclic esters (lactones) is 1. The smallest absolute Gasteiger partial charge is 0.440 e. The lowest BCUT2D eigenvalue weighted by atomic mass is 10.2. The number of aromatic nitrogens is 2. The van der Waals surface area contributed by atoms with Gasteiger partial charge in [-0.15, -0.1) is 0 Å². The Bertz CT molecular complexity index is 1340. The van der Waals surface area contributed by atoms with Gasteiger partial charge in [0.05, 0.1) is 18.8 Å². The number of nitrogens with one attached hydrogen (secondary N) is 1. The van der Waals surface area contributed by atoms with Crippen molar-refractivity contribution in [3.63, 3.8) is 0 Å². The zero-order valence-electron chi connectivity index (χ0n) is 22.8. The number of piperazine rings is 1. The van der Waals surface area contributed by atoms with Crippen LogP contribution in [0.1, 0.15) is 13.3 Å². The Morgan fingerprint density at radius 3 is 2.48 bits per heavy atom. The number of primary amides is 1. The standard InChI is InChI=1S/C25H28F2N6O6.CH3NO/c1-2-37-25(36)38-16-18-15-33(24(35)39-18)17-13-19(26)22(20(27)14-17)31-11-9-30(10-12-31)21(34)5-3-7-32-8-4-6-29-23(32)28;2-1-3/h3-4,6-8,13-14,18,28H,2,5,9-12,15-16H2,1H3;1H,(H2,2,3)/b7-3+,28-23?;. The van der Waals surface area contributed by atoms with Crippen LogP contribution in [0.15, 0.2) is 36.7 Å². The van der Waals surface area contributed by atoms with Crippen LogP contribution < -0.4 is 21.2 Å². The maximum absolute atomic E-state index is 15.1. The molecule has 1 atom stereocenters. The summed E-state index contributed by atoms with van der Waals surface area (Å²) >= 11 is 0. The fourth-order valence-corrected chi connectivity index (χ4v) is 4.23. The molecule has 1 aromatic heterocycles. The van der Waals surface area contributed by atoms with Crippen molar-refractivity contribution in [2.24, 2.45) is 5.73 Å². The second kappa shape index (κ2) is 15.1. The van der Waals surface area contributed by atoms with E-state index in [0.717, 1.165) is 17.0 Å². The second-order valence-electron chi connectivity index (χ2n) is 8.81. The lowest BCUT2D eigenvalue weighted by Gasteiger charge is -2.36. The molecule has 1 unspecified atom stereocenters. The molecule has 0 aliphatic carbocycles. The number of amides is 3. The summed E-state index contributed by atoms with van der Waals surface area (Å²) in [5.41, 5.74) is 3.94. The number of hydrogen-bond acceptors (Lipinski definition) is 10. The highest BCUT2D eigenvalue weighted by Gasteiger charge is 2.35. The first-order chi connectivity index (χ1) is 20.2. The molecule has 0 saturated carbocycles. The molecule has 2 fully saturated rings. The van der Waals surface area contributed by atoms with Gasteiger partial charge in [0.15, 0.2) is 17.7 Å². The molecule has 2 aromatic rings. The SMILES string of the molecule is CCOC(=O)OCC1CN(c2cc(F)c(N3CCN(C(=O)C/C=C/n4cccnc4=N)CC3)c(F)c2)C(=O)O1.NC=O. The van der Waals surface area contributed by atoms with Gasteiger partial charge in [-0.3, -0.25) is 24.5 Å². The number of nitrogens with zero attached hydrogens (tertiary/aromatic N) is 5. The minimum absolute atomic E-state index is 0.0275. The van der Waals surface area contributed by atoms with Gasteiger partial charge in [-0.1, -0.05) is 6.08 Å². The number of hydrogen-bond donors (Lipinski definition) is 2. The second-order valence-corrected chi connectivity index (χ2v) is 8.81. The summed E-state index contributed by atoms with van der Waals surface area (Å²) in [5, 5.41) is 7.71. The van der Waals surface area contributed by atoms with Gasteiger partial charge in [-0.25, -0.2) is 23.4 Å². The van der Waals surface area contributed by atoms with E-state index in [9.17, 15) is 14.4 Å². The predicted octanol–water partition coefficient (Wildman–Crippen LogP) is 1.45. The molecule has 226 valence electrons. The third-order valence-corrected chi connectivity index (χ3v) is 6.12. The largest absolute Gasteiger partial charge is 0.508 e. The molecule has 14 nitrogen and oxygen atoms in total. The maximum Gasteiger partial charge on any atom is 0.508 e. The van der Waals surface area contributed by atoms with Crippen LogP contribution in [-0.2, 0) is 23.8 Å². The molecule has 1 aromatic carbocycles. The maximum atomic E-state index is 15.1. The topological polar surface area (TPSA) is 173 Å². The van der Waals surface area contributed by atoms with Gasteiger partial charge in [-0.2, -0.15) is 0 Å². The average Bonchev–Trinajstić information content (AvgIpc) is 3.34. The molecule has 0 spiro atoms. The summed E-state index contributed by atoms with van der Waals surface area (Å²) in [6, 6.07) is 3.77. The number of benzene rings is 1. The van der Waals surface area contributed by atoms with Gasteiger partial charge in [-0.05, 0) is 13.0 Å². The Kier molecular flexibility index (Phi) is 11.3. The fraction of sp³-hybridized carbons (Fsp3) is 0.385. The molecule has 2 aliphatic heterocycles. The van der Waals surface area contributed by atoms with E-state index in [1.54, 1.807) is 36.4 Å². The van der Waals surface area contributed by atoms with Crippen LogP contribution in [0, 0.1) is 17.0 Å². The number of anilines is 2. The highest BCUT2D eigenvalue weighted by atomic mass is 19.1. The van der Waals surface area contributed by atoms with Gasteiger partial charge in [0, 0.05) is 63.3 Å². The minimum Gasteiger partial charge on any atom is -0.440 e. The van der Waals surface area contributed by atoms with Gasteiger partial charge in [0.2, 0.25) is 17.9 Å². The van der Waals surface area contributed by atoms with Crippen LogP contribution in [-0.4, -0.2) is 91.1 Å². The Hall–Kier alpha value is -5.02. The fourth-order valence-electron chi connectivity index (χ4n) is 4.23. The highest BCUT2D eigenvalue weighted by Crippen LogP contribution is 2.31. The summed E-state index contributed by atoms with van der Waals surface area (Å²) in [5.74, 6) is -1.86. The summed E-state index contributed by atoms with van der Waals surface area (Å²) in [4.78, 5) is 52.8. The van der Waals surface area contributed by atoms with E-state index < -0.39 is 30.0 Å². The lowest BCUT2D eigenvalue weighted by Crippen LogP contribution is -2.49. The van der Waals surface area contributed by atoms with Crippen LogP contribution in [0.2, 0.25) is 0 Å². The zero-order valence-corrected chi connectivity index (χ0v) is 22.8.